The minimum atomic E-state index is -0.213. The quantitative estimate of drug-likeness (QED) is 0.306. The van der Waals surface area contributed by atoms with Crippen LogP contribution in [-0.4, -0.2) is 16.7 Å². The highest BCUT2D eigenvalue weighted by Crippen LogP contribution is 2.39. The van der Waals surface area contributed by atoms with E-state index >= 15 is 0 Å². The summed E-state index contributed by atoms with van der Waals surface area (Å²) in [6.45, 7) is 6.16. The predicted molar refractivity (Wildman–Crippen MR) is 136 cm³/mol. The van der Waals surface area contributed by atoms with Gasteiger partial charge in [0.25, 0.3) is 0 Å². The Labute approximate surface area is 198 Å². The zero-order valence-electron chi connectivity index (χ0n) is 19.0. The van der Waals surface area contributed by atoms with Crippen LogP contribution in [-0.2, 0) is 4.79 Å². The number of carbonyl (C=O) groups excluding carboxylic acids is 2. The van der Waals surface area contributed by atoms with Crippen molar-refractivity contribution in [3.05, 3.63) is 95.1 Å². The van der Waals surface area contributed by atoms with E-state index in [0.717, 1.165) is 27.3 Å². The van der Waals surface area contributed by atoms with Crippen molar-refractivity contribution >= 4 is 28.2 Å². The molecule has 5 heteroatoms. The van der Waals surface area contributed by atoms with Crippen LogP contribution in [0.4, 0.5) is 5.13 Å². The first kappa shape index (κ1) is 22.6. The molecule has 0 aliphatic rings. The number of ketones is 1. The normalized spacial score (nSPS) is 10.8. The van der Waals surface area contributed by atoms with E-state index in [4.69, 9.17) is 4.98 Å². The summed E-state index contributed by atoms with van der Waals surface area (Å²) in [5.41, 5.74) is 7.08. The summed E-state index contributed by atoms with van der Waals surface area (Å²) < 4.78 is 0. The molecule has 1 N–H and O–H groups in total. The number of carbonyl (C=O) groups is 2. The van der Waals surface area contributed by atoms with Gasteiger partial charge in [-0.05, 0) is 37.5 Å². The van der Waals surface area contributed by atoms with E-state index in [1.807, 2.05) is 49.4 Å². The van der Waals surface area contributed by atoms with Crippen LogP contribution in [0.3, 0.4) is 0 Å². The summed E-state index contributed by atoms with van der Waals surface area (Å²) in [6, 6.07) is 23.7. The van der Waals surface area contributed by atoms with Crippen molar-refractivity contribution in [2.45, 2.75) is 33.6 Å². The Morgan fingerprint density at radius 2 is 1.55 bits per heavy atom. The van der Waals surface area contributed by atoms with Crippen molar-refractivity contribution in [3.8, 4) is 21.7 Å². The Hall–Kier alpha value is -3.57. The lowest BCUT2D eigenvalue weighted by Gasteiger charge is -2.05. The van der Waals surface area contributed by atoms with Crippen LogP contribution in [0.15, 0.2) is 72.8 Å². The first-order valence-corrected chi connectivity index (χ1v) is 11.8. The van der Waals surface area contributed by atoms with E-state index < -0.39 is 0 Å². The number of hydrogen-bond acceptors (Lipinski definition) is 4. The van der Waals surface area contributed by atoms with Gasteiger partial charge in [-0.1, -0.05) is 89.7 Å². The third-order valence-electron chi connectivity index (χ3n) is 5.64. The van der Waals surface area contributed by atoms with Crippen molar-refractivity contribution < 1.29 is 9.59 Å². The topological polar surface area (TPSA) is 59.1 Å². The number of amides is 1. The Kier molecular flexibility index (Phi) is 6.80. The molecule has 0 aliphatic carbocycles. The number of Topliss-reactive ketones (excluding diaryl/α,β-unsaturated/α-hetero) is 1. The fourth-order valence-corrected chi connectivity index (χ4v) is 4.54. The summed E-state index contributed by atoms with van der Waals surface area (Å²) in [6.07, 6.45) is 0.280. The van der Waals surface area contributed by atoms with Gasteiger partial charge in [-0.3, -0.25) is 9.59 Å². The largest absolute Gasteiger partial charge is 0.302 e. The van der Waals surface area contributed by atoms with Crippen LogP contribution in [0.25, 0.3) is 21.7 Å². The van der Waals surface area contributed by atoms with E-state index in [1.165, 1.54) is 22.5 Å². The highest BCUT2D eigenvalue weighted by Gasteiger charge is 2.17. The average molecular weight is 455 g/mol. The first-order valence-electron chi connectivity index (χ1n) is 10.9. The number of anilines is 1. The number of hydrogen-bond donors (Lipinski definition) is 1. The minimum absolute atomic E-state index is 0.0370. The van der Waals surface area contributed by atoms with Gasteiger partial charge in [0.05, 0.1) is 10.6 Å². The number of rotatable bonds is 7. The van der Waals surface area contributed by atoms with Crippen molar-refractivity contribution in [1.29, 1.82) is 0 Å². The second-order valence-electron chi connectivity index (χ2n) is 8.20. The molecule has 0 spiro atoms. The summed E-state index contributed by atoms with van der Waals surface area (Å²) >= 11 is 1.45. The average Bonchev–Trinajstić information content (AvgIpc) is 3.24. The van der Waals surface area contributed by atoms with Gasteiger partial charge in [0.1, 0.15) is 0 Å². The second kappa shape index (κ2) is 9.92. The Morgan fingerprint density at radius 1 is 0.818 bits per heavy atom. The van der Waals surface area contributed by atoms with Crippen LogP contribution in [0.2, 0.25) is 0 Å². The first-order chi connectivity index (χ1) is 15.9. The number of aryl methyl sites for hydroxylation is 3. The monoisotopic (exact) mass is 454 g/mol. The standard InChI is InChI=1S/C28H26N2O2S/c1-18-9-12-21(13-10-18)24(31)15-16-25(32)29-28-30-26(22-7-5-4-6-8-22)27(33-28)23-14-11-19(2)20(3)17-23/h4-14,17H,15-16H2,1-3H3,(H,29,30,32). The van der Waals surface area contributed by atoms with Gasteiger partial charge in [-0.15, -0.1) is 0 Å². The Morgan fingerprint density at radius 3 is 2.24 bits per heavy atom. The molecular weight excluding hydrogens is 428 g/mol. The molecule has 0 bridgehead atoms. The molecule has 4 aromatic rings. The molecule has 4 rings (SSSR count). The summed E-state index contributed by atoms with van der Waals surface area (Å²) in [7, 11) is 0. The fourth-order valence-electron chi connectivity index (χ4n) is 3.54. The van der Waals surface area contributed by atoms with E-state index in [0.29, 0.717) is 10.7 Å². The third kappa shape index (κ3) is 5.44. The smallest absolute Gasteiger partial charge is 0.226 e. The van der Waals surface area contributed by atoms with Crippen molar-refractivity contribution in [1.82, 2.24) is 4.98 Å². The molecule has 0 radical (unpaired) electrons. The Balaban J connectivity index is 1.53. The van der Waals surface area contributed by atoms with Gasteiger partial charge in [0.15, 0.2) is 10.9 Å². The molecule has 3 aromatic carbocycles. The SMILES string of the molecule is Cc1ccc(C(=O)CCC(=O)Nc2nc(-c3ccccc3)c(-c3ccc(C)c(C)c3)s2)cc1. The zero-order valence-corrected chi connectivity index (χ0v) is 19.8. The number of aromatic nitrogens is 1. The van der Waals surface area contributed by atoms with Gasteiger partial charge >= 0.3 is 0 Å². The number of nitrogens with one attached hydrogen (secondary N) is 1. The van der Waals surface area contributed by atoms with Crippen LogP contribution >= 0.6 is 11.3 Å². The number of benzene rings is 3. The third-order valence-corrected chi connectivity index (χ3v) is 6.66. The number of thiazole rings is 1. The molecule has 0 saturated carbocycles. The molecule has 33 heavy (non-hydrogen) atoms. The lowest BCUT2D eigenvalue weighted by atomic mass is 10.0. The molecule has 0 atom stereocenters. The molecule has 0 fully saturated rings. The maximum Gasteiger partial charge on any atom is 0.226 e. The van der Waals surface area contributed by atoms with Crippen LogP contribution in [0, 0.1) is 20.8 Å². The predicted octanol–water partition coefficient (Wildman–Crippen LogP) is 7.00. The van der Waals surface area contributed by atoms with Gasteiger partial charge < -0.3 is 5.32 Å². The lowest BCUT2D eigenvalue weighted by Crippen LogP contribution is -2.13. The van der Waals surface area contributed by atoms with E-state index in [1.54, 1.807) is 12.1 Å². The van der Waals surface area contributed by atoms with Crippen molar-refractivity contribution in [3.63, 3.8) is 0 Å². The molecule has 0 unspecified atom stereocenters. The highest BCUT2D eigenvalue weighted by molar-refractivity contribution is 7.19. The molecule has 0 saturated heterocycles. The fraction of sp³-hybridized carbons (Fsp3) is 0.179. The van der Waals surface area contributed by atoms with E-state index in [9.17, 15) is 9.59 Å². The highest BCUT2D eigenvalue weighted by atomic mass is 32.1. The molecule has 4 nitrogen and oxygen atoms in total. The van der Waals surface area contributed by atoms with Gasteiger partial charge in [-0.25, -0.2) is 4.98 Å². The van der Waals surface area contributed by atoms with Gasteiger partial charge in [0, 0.05) is 24.0 Å². The van der Waals surface area contributed by atoms with Gasteiger partial charge in [0.2, 0.25) is 5.91 Å². The van der Waals surface area contributed by atoms with E-state index in [-0.39, 0.29) is 24.5 Å². The number of nitrogens with zero attached hydrogens (tertiary/aromatic N) is 1. The van der Waals surface area contributed by atoms with Crippen molar-refractivity contribution in [2.75, 3.05) is 5.32 Å². The van der Waals surface area contributed by atoms with Crippen LogP contribution in [0.1, 0.15) is 39.9 Å². The van der Waals surface area contributed by atoms with E-state index in [2.05, 4.69) is 37.4 Å². The summed E-state index contributed by atoms with van der Waals surface area (Å²) in [5.74, 6) is -0.249. The second-order valence-corrected chi connectivity index (χ2v) is 9.20. The molecule has 1 aromatic heterocycles. The lowest BCUT2D eigenvalue weighted by molar-refractivity contribution is -0.116. The molecule has 0 aliphatic heterocycles. The summed E-state index contributed by atoms with van der Waals surface area (Å²) in [5, 5.41) is 3.44. The zero-order chi connectivity index (χ0) is 23.4. The molecule has 1 amide bonds. The van der Waals surface area contributed by atoms with Crippen molar-refractivity contribution in [2.24, 2.45) is 0 Å². The molecular formula is C28H26N2O2S. The maximum atomic E-state index is 12.6. The molecule has 1 heterocycles. The van der Waals surface area contributed by atoms with Crippen LogP contribution < -0.4 is 5.32 Å². The molecule has 166 valence electrons. The van der Waals surface area contributed by atoms with Gasteiger partial charge in [-0.2, -0.15) is 0 Å². The summed E-state index contributed by atoms with van der Waals surface area (Å²) in [4.78, 5) is 30.8. The minimum Gasteiger partial charge on any atom is -0.302 e. The Bertz CT molecular complexity index is 1290. The maximum absolute atomic E-state index is 12.6. The van der Waals surface area contributed by atoms with Crippen LogP contribution in [0.5, 0.6) is 0 Å².